The molecule has 6 heteroatoms. The molecule has 1 atom stereocenters. The third-order valence-corrected chi connectivity index (χ3v) is 4.43. The molecule has 1 unspecified atom stereocenters. The van der Waals surface area contributed by atoms with Gasteiger partial charge >= 0.3 is 0 Å². The van der Waals surface area contributed by atoms with Crippen LogP contribution in [0.2, 0.25) is 0 Å². The van der Waals surface area contributed by atoms with Crippen molar-refractivity contribution >= 4 is 11.8 Å². The molecule has 1 saturated heterocycles. The van der Waals surface area contributed by atoms with E-state index in [1.165, 1.54) is 5.56 Å². The van der Waals surface area contributed by atoms with Gasteiger partial charge in [0, 0.05) is 26.2 Å². The summed E-state index contributed by atoms with van der Waals surface area (Å²) in [5.74, 6) is 0.439. The normalized spacial score (nSPS) is 17.5. The lowest BCUT2D eigenvalue weighted by molar-refractivity contribution is -0.137. The van der Waals surface area contributed by atoms with Gasteiger partial charge in [-0.25, -0.2) is 0 Å². The quantitative estimate of drug-likeness (QED) is 0.813. The first-order chi connectivity index (χ1) is 11.5. The summed E-state index contributed by atoms with van der Waals surface area (Å²) in [5.41, 5.74) is 7.73. The molecule has 24 heavy (non-hydrogen) atoms. The molecule has 1 aromatic carbocycles. The molecule has 132 valence electrons. The average Bonchev–Trinajstić information content (AvgIpc) is 2.60. The molecule has 1 heterocycles. The van der Waals surface area contributed by atoms with Crippen LogP contribution in [-0.4, -0.2) is 49.5 Å². The van der Waals surface area contributed by atoms with Crippen molar-refractivity contribution in [1.29, 1.82) is 0 Å². The van der Waals surface area contributed by atoms with Gasteiger partial charge in [0.25, 0.3) is 5.91 Å². The molecule has 0 aromatic heterocycles. The molecule has 2 amide bonds. The average molecular weight is 333 g/mol. The van der Waals surface area contributed by atoms with Gasteiger partial charge in [-0.3, -0.25) is 9.59 Å². The zero-order valence-corrected chi connectivity index (χ0v) is 14.5. The van der Waals surface area contributed by atoms with Crippen LogP contribution >= 0.6 is 0 Å². The zero-order valence-electron chi connectivity index (χ0n) is 14.5. The number of carbonyl (C=O) groups excluding carboxylic acids is 2. The van der Waals surface area contributed by atoms with Crippen molar-refractivity contribution in [2.75, 3.05) is 32.8 Å². The lowest BCUT2D eigenvalue weighted by Gasteiger charge is -2.32. The molecular formula is C18H27N3O3. The van der Waals surface area contributed by atoms with E-state index in [0.717, 1.165) is 18.4 Å². The third-order valence-electron chi connectivity index (χ3n) is 4.43. The van der Waals surface area contributed by atoms with Crippen molar-refractivity contribution in [3.63, 3.8) is 0 Å². The van der Waals surface area contributed by atoms with Gasteiger partial charge < -0.3 is 20.7 Å². The smallest absolute Gasteiger partial charge is 0.260 e. The number of amides is 2. The molecule has 3 N–H and O–H groups in total. The standard InChI is InChI=1S/C18H27N3O3/c1-13-5-6-16(10-14(13)2)24-12-17(22)21-9-3-4-15(11-21)18(23)20-8-7-19/h5-6,10,15H,3-4,7-9,11-12,19H2,1-2H3,(H,20,23). The van der Waals surface area contributed by atoms with Crippen molar-refractivity contribution in [3.8, 4) is 5.75 Å². The number of nitrogens with two attached hydrogens (primary N) is 1. The number of benzene rings is 1. The molecule has 1 aliphatic rings. The van der Waals surface area contributed by atoms with Crippen LogP contribution in [-0.2, 0) is 9.59 Å². The molecule has 1 aliphatic heterocycles. The Morgan fingerprint density at radius 3 is 2.83 bits per heavy atom. The summed E-state index contributed by atoms with van der Waals surface area (Å²) in [6, 6.07) is 5.78. The van der Waals surface area contributed by atoms with Gasteiger partial charge in [0.2, 0.25) is 5.91 Å². The highest BCUT2D eigenvalue weighted by Gasteiger charge is 2.28. The Morgan fingerprint density at radius 1 is 1.33 bits per heavy atom. The van der Waals surface area contributed by atoms with E-state index >= 15 is 0 Å². The number of aryl methyl sites for hydroxylation is 2. The van der Waals surface area contributed by atoms with E-state index in [2.05, 4.69) is 5.32 Å². The maximum atomic E-state index is 12.4. The zero-order chi connectivity index (χ0) is 17.5. The fourth-order valence-corrected chi connectivity index (χ4v) is 2.80. The summed E-state index contributed by atoms with van der Waals surface area (Å²) in [6.07, 6.45) is 1.63. The van der Waals surface area contributed by atoms with Gasteiger partial charge in [-0.05, 0) is 49.9 Å². The molecule has 1 aromatic rings. The molecule has 6 nitrogen and oxygen atoms in total. The van der Waals surface area contributed by atoms with Crippen molar-refractivity contribution in [1.82, 2.24) is 10.2 Å². The Hall–Kier alpha value is -2.08. The predicted molar refractivity (Wildman–Crippen MR) is 92.8 cm³/mol. The second-order valence-corrected chi connectivity index (χ2v) is 6.29. The largest absolute Gasteiger partial charge is 0.484 e. The van der Waals surface area contributed by atoms with Crippen LogP contribution in [0.15, 0.2) is 18.2 Å². The summed E-state index contributed by atoms with van der Waals surface area (Å²) < 4.78 is 5.61. The second-order valence-electron chi connectivity index (χ2n) is 6.29. The molecule has 0 bridgehead atoms. The van der Waals surface area contributed by atoms with E-state index in [0.29, 0.717) is 31.9 Å². The van der Waals surface area contributed by atoms with E-state index in [1.807, 2.05) is 32.0 Å². The van der Waals surface area contributed by atoms with Gasteiger partial charge in [0.05, 0.1) is 5.92 Å². The molecule has 2 rings (SSSR count). The Bertz CT molecular complexity index is 589. The molecule has 0 radical (unpaired) electrons. The molecule has 0 aliphatic carbocycles. The van der Waals surface area contributed by atoms with Crippen LogP contribution in [0, 0.1) is 19.8 Å². The number of nitrogens with one attached hydrogen (secondary N) is 1. The minimum absolute atomic E-state index is 0.000357. The summed E-state index contributed by atoms with van der Waals surface area (Å²) >= 11 is 0. The van der Waals surface area contributed by atoms with Crippen LogP contribution in [0.1, 0.15) is 24.0 Å². The number of hydrogen-bond donors (Lipinski definition) is 2. The van der Waals surface area contributed by atoms with Crippen molar-refractivity contribution in [2.24, 2.45) is 11.7 Å². The van der Waals surface area contributed by atoms with Crippen molar-refractivity contribution < 1.29 is 14.3 Å². The van der Waals surface area contributed by atoms with E-state index in [1.54, 1.807) is 4.90 Å². The number of likely N-dealkylation sites (tertiary alicyclic amines) is 1. The number of ether oxygens (including phenoxy) is 1. The Labute approximate surface area is 143 Å². The summed E-state index contributed by atoms with van der Waals surface area (Å²) in [6.45, 7) is 6.07. The van der Waals surface area contributed by atoms with Crippen LogP contribution in [0.3, 0.4) is 0 Å². The lowest BCUT2D eigenvalue weighted by atomic mass is 9.97. The monoisotopic (exact) mass is 333 g/mol. The van der Waals surface area contributed by atoms with E-state index in [-0.39, 0.29) is 24.3 Å². The highest BCUT2D eigenvalue weighted by atomic mass is 16.5. The van der Waals surface area contributed by atoms with Crippen LogP contribution in [0.5, 0.6) is 5.75 Å². The SMILES string of the molecule is Cc1ccc(OCC(=O)N2CCCC(C(=O)NCCN)C2)cc1C. The number of carbonyl (C=O) groups is 2. The van der Waals surface area contributed by atoms with Gasteiger partial charge in [-0.2, -0.15) is 0 Å². The number of hydrogen-bond acceptors (Lipinski definition) is 4. The molecule has 1 fully saturated rings. The maximum absolute atomic E-state index is 12.4. The summed E-state index contributed by atoms with van der Waals surface area (Å²) in [7, 11) is 0. The second kappa shape index (κ2) is 8.68. The summed E-state index contributed by atoms with van der Waals surface area (Å²) in [4.78, 5) is 26.1. The lowest BCUT2D eigenvalue weighted by Crippen LogP contribution is -2.47. The van der Waals surface area contributed by atoms with Crippen LogP contribution in [0.4, 0.5) is 0 Å². The molecular weight excluding hydrogens is 306 g/mol. The van der Waals surface area contributed by atoms with Gasteiger partial charge in [0.1, 0.15) is 5.75 Å². The maximum Gasteiger partial charge on any atom is 0.260 e. The van der Waals surface area contributed by atoms with Crippen LogP contribution in [0.25, 0.3) is 0 Å². The Kier molecular flexibility index (Phi) is 6.61. The first-order valence-corrected chi connectivity index (χ1v) is 8.47. The first-order valence-electron chi connectivity index (χ1n) is 8.47. The molecule has 0 spiro atoms. The Morgan fingerprint density at radius 2 is 2.12 bits per heavy atom. The summed E-state index contributed by atoms with van der Waals surface area (Å²) in [5, 5.41) is 2.80. The first kappa shape index (κ1) is 18.3. The van der Waals surface area contributed by atoms with Crippen molar-refractivity contribution in [2.45, 2.75) is 26.7 Å². The number of nitrogens with zero attached hydrogens (tertiary/aromatic N) is 1. The van der Waals surface area contributed by atoms with Crippen LogP contribution < -0.4 is 15.8 Å². The van der Waals surface area contributed by atoms with Gasteiger partial charge in [-0.1, -0.05) is 6.07 Å². The highest BCUT2D eigenvalue weighted by molar-refractivity contribution is 5.82. The third kappa shape index (κ3) is 4.96. The fourth-order valence-electron chi connectivity index (χ4n) is 2.80. The van der Waals surface area contributed by atoms with Gasteiger partial charge in [0.15, 0.2) is 6.61 Å². The van der Waals surface area contributed by atoms with E-state index in [9.17, 15) is 9.59 Å². The Balaban J connectivity index is 1.85. The van der Waals surface area contributed by atoms with E-state index in [4.69, 9.17) is 10.5 Å². The minimum Gasteiger partial charge on any atom is -0.484 e. The number of piperidine rings is 1. The number of rotatable bonds is 6. The van der Waals surface area contributed by atoms with Crippen molar-refractivity contribution in [3.05, 3.63) is 29.3 Å². The van der Waals surface area contributed by atoms with Gasteiger partial charge in [-0.15, -0.1) is 0 Å². The topological polar surface area (TPSA) is 84.7 Å². The van der Waals surface area contributed by atoms with E-state index < -0.39 is 0 Å². The molecule has 0 saturated carbocycles. The fraction of sp³-hybridized carbons (Fsp3) is 0.556. The highest BCUT2D eigenvalue weighted by Crippen LogP contribution is 2.19. The minimum atomic E-state index is -0.157. The predicted octanol–water partition coefficient (Wildman–Crippen LogP) is 0.996.